The van der Waals surface area contributed by atoms with Crippen LogP contribution in [-0.2, 0) is 19.6 Å². The quantitative estimate of drug-likeness (QED) is 0.841. The monoisotopic (exact) mass is 298 g/mol. The summed E-state index contributed by atoms with van der Waals surface area (Å²) in [6.45, 7) is 1.46. The molecule has 1 heterocycles. The van der Waals surface area contributed by atoms with Crippen LogP contribution in [0.5, 0.6) is 0 Å². The molecule has 0 saturated carbocycles. The number of carbonyl (C=O) groups excluding carboxylic acids is 2. The lowest BCUT2D eigenvalue weighted by molar-refractivity contribution is -0.125. The lowest BCUT2D eigenvalue weighted by atomic mass is 10.2. The van der Waals surface area contributed by atoms with Gasteiger partial charge in [0.1, 0.15) is 0 Å². The van der Waals surface area contributed by atoms with Gasteiger partial charge in [-0.2, -0.15) is 0 Å². The number of benzene rings is 1. The van der Waals surface area contributed by atoms with Gasteiger partial charge in [0, 0.05) is 13.1 Å². The van der Waals surface area contributed by atoms with E-state index in [2.05, 4.69) is 9.46 Å². The van der Waals surface area contributed by atoms with Crippen molar-refractivity contribution in [1.29, 1.82) is 0 Å². The average Bonchev–Trinajstić information content (AvgIpc) is 2.71. The van der Waals surface area contributed by atoms with Crippen molar-refractivity contribution in [3.05, 3.63) is 29.8 Å². The molecule has 2 amide bonds. The molecular weight excluding hydrogens is 284 g/mol. The van der Waals surface area contributed by atoms with E-state index in [0.29, 0.717) is 0 Å². The standard InChI is InChI=1S/C12H14N2O5S/c1-9-2-4-10(5-3-9)20(17,18)13-6-7-14-11(15)8-19-12(14)16/h2-5,13H,6-8H2,1H3. The molecule has 8 heteroatoms. The molecule has 0 bridgehead atoms. The molecule has 1 fully saturated rings. The zero-order valence-electron chi connectivity index (χ0n) is 10.8. The van der Waals surface area contributed by atoms with Crippen LogP contribution in [0.15, 0.2) is 29.2 Å². The molecular formula is C12H14N2O5S. The van der Waals surface area contributed by atoms with E-state index in [-0.39, 0.29) is 24.6 Å². The lowest BCUT2D eigenvalue weighted by Gasteiger charge is -2.11. The first-order valence-electron chi connectivity index (χ1n) is 5.93. The summed E-state index contributed by atoms with van der Waals surface area (Å²) >= 11 is 0. The van der Waals surface area contributed by atoms with E-state index in [4.69, 9.17) is 0 Å². The van der Waals surface area contributed by atoms with Gasteiger partial charge < -0.3 is 4.74 Å². The highest BCUT2D eigenvalue weighted by atomic mass is 32.2. The predicted molar refractivity (Wildman–Crippen MR) is 69.4 cm³/mol. The number of sulfonamides is 1. The Morgan fingerprint density at radius 2 is 1.90 bits per heavy atom. The minimum Gasteiger partial charge on any atom is -0.439 e. The number of nitrogens with zero attached hydrogens (tertiary/aromatic N) is 1. The smallest absolute Gasteiger partial charge is 0.417 e. The summed E-state index contributed by atoms with van der Waals surface area (Å²) in [5.74, 6) is -0.468. The molecule has 1 aliphatic rings. The van der Waals surface area contributed by atoms with Crippen LogP contribution in [0.3, 0.4) is 0 Å². The van der Waals surface area contributed by atoms with Crippen molar-refractivity contribution in [2.24, 2.45) is 0 Å². The fourth-order valence-corrected chi connectivity index (χ4v) is 2.71. The fraction of sp³-hybridized carbons (Fsp3) is 0.333. The highest BCUT2D eigenvalue weighted by Crippen LogP contribution is 2.10. The van der Waals surface area contributed by atoms with E-state index in [1.807, 2.05) is 6.92 Å². The number of cyclic esters (lactones) is 1. The third kappa shape index (κ3) is 3.14. The van der Waals surface area contributed by atoms with E-state index >= 15 is 0 Å². The maximum absolute atomic E-state index is 11.9. The normalized spacial score (nSPS) is 15.6. The molecule has 0 atom stereocenters. The Kier molecular flexibility index (Phi) is 4.05. The molecule has 1 aromatic rings. The van der Waals surface area contributed by atoms with Crippen LogP contribution in [0.1, 0.15) is 5.56 Å². The minimum absolute atomic E-state index is 0.0528. The van der Waals surface area contributed by atoms with Gasteiger partial charge in [-0.25, -0.2) is 22.8 Å². The van der Waals surface area contributed by atoms with Gasteiger partial charge in [0.15, 0.2) is 6.61 Å². The second-order valence-electron chi connectivity index (χ2n) is 4.31. The van der Waals surface area contributed by atoms with Crippen LogP contribution in [0.2, 0.25) is 0 Å². The molecule has 0 spiro atoms. The maximum Gasteiger partial charge on any atom is 0.417 e. The molecule has 1 aliphatic heterocycles. The number of amides is 2. The zero-order chi connectivity index (χ0) is 14.8. The van der Waals surface area contributed by atoms with Gasteiger partial charge in [0.05, 0.1) is 4.90 Å². The molecule has 108 valence electrons. The summed E-state index contributed by atoms with van der Waals surface area (Å²) in [5, 5.41) is 0. The summed E-state index contributed by atoms with van der Waals surface area (Å²) in [6.07, 6.45) is -0.746. The molecule has 20 heavy (non-hydrogen) atoms. The Bertz CT molecular complexity index is 608. The third-order valence-corrected chi connectivity index (χ3v) is 4.28. The van der Waals surface area contributed by atoms with Crippen LogP contribution in [0.25, 0.3) is 0 Å². The molecule has 1 saturated heterocycles. The number of nitrogens with one attached hydrogen (secondary N) is 1. The number of ether oxygens (including phenoxy) is 1. The molecule has 1 aromatic carbocycles. The van der Waals surface area contributed by atoms with E-state index in [0.717, 1.165) is 10.5 Å². The van der Waals surface area contributed by atoms with Crippen molar-refractivity contribution in [2.75, 3.05) is 19.7 Å². The Balaban J connectivity index is 1.94. The Morgan fingerprint density at radius 1 is 1.25 bits per heavy atom. The van der Waals surface area contributed by atoms with Gasteiger partial charge in [-0.05, 0) is 19.1 Å². The first-order valence-corrected chi connectivity index (χ1v) is 7.42. The Labute approximate surface area is 116 Å². The highest BCUT2D eigenvalue weighted by molar-refractivity contribution is 7.89. The van der Waals surface area contributed by atoms with Crippen molar-refractivity contribution in [2.45, 2.75) is 11.8 Å². The molecule has 7 nitrogen and oxygen atoms in total. The first-order chi connectivity index (χ1) is 9.40. The highest BCUT2D eigenvalue weighted by Gasteiger charge is 2.30. The van der Waals surface area contributed by atoms with E-state index < -0.39 is 22.0 Å². The SMILES string of the molecule is Cc1ccc(S(=O)(=O)NCCN2C(=O)COC2=O)cc1. The fourth-order valence-electron chi connectivity index (χ4n) is 1.69. The number of hydrogen-bond donors (Lipinski definition) is 1. The van der Waals surface area contributed by atoms with Crippen molar-refractivity contribution < 1.29 is 22.7 Å². The second-order valence-corrected chi connectivity index (χ2v) is 6.08. The maximum atomic E-state index is 11.9. The molecule has 0 unspecified atom stereocenters. The number of aryl methyl sites for hydroxylation is 1. The molecule has 1 N–H and O–H groups in total. The second kappa shape index (κ2) is 5.59. The van der Waals surface area contributed by atoms with Crippen LogP contribution >= 0.6 is 0 Å². The minimum atomic E-state index is -3.64. The van der Waals surface area contributed by atoms with Crippen LogP contribution in [0, 0.1) is 6.92 Å². The van der Waals surface area contributed by atoms with E-state index in [9.17, 15) is 18.0 Å². The van der Waals surface area contributed by atoms with Gasteiger partial charge in [-0.1, -0.05) is 17.7 Å². The predicted octanol–water partition coefficient (Wildman–Crippen LogP) is 0.252. The lowest BCUT2D eigenvalue weighted by Crippen LogP contribution is -2.37. The first kappa shape index (κ1) is 14.5. The topological polar surface area (TPSA) is 92.8 Å². The molecule has 2 rings (SSSR count). The Morgan fingerprint density at radius 3 is 2.45 bits per heavy atom. The van der Waals surface area contributed by atoms with Gasteiger partial charge in [-0.3, -0.25) is 4.79 Å². The van der Waals surface area contributed by atoms with Crippen molar-refractivity contribution >= 4 is 22.0 Å². The van der Waals surface area contributed by atoms with Crippen molar-refractivity contribution in [3.63, 3.8) is 0 Å². The van der Waals surface area contributed by atoms with Crippen LogP contribution in [-0.4, -0.2) is 45.0 Å². The van der Waals surface area contributed by atoms with Gasteiger partial charge >= 0.3 is 6.09 Å². The Hall–Kier alpha value is -1.93. The van der Waals surface area contributed by atoms with Crippen LogP contribution in [0.4, 0.5) is 4.79 Å². The third-order valence-electron chi connectivity index (χ3n) is 2.80. The van der Waals surface area contributed by atoms with Gasteiger partial charge in [-0.15, -0.1) is 0 Å². The van der Waals surface area contributed by atoms with Crippen molar-refractivity contribution in [1.82, 2.24) is 9.62 Å². The molecule has 0 radical (unpaired) electrons. The summed E-state index contributed by atoms with van der Waals surface area (Å²) < 4.78 is 30.8. The zero-order valence-corrected chi connectivity index (χ0v) is 11.6. The summed E-state index contributed by atoms with van der Waals surface area (Å²) in [7, 11) is -3.64. The summed E-state index contributed by atoms with van der Waals surface area (Å²) in [4.78, 5) is 23.4. The van der Waals surface area contributed by atoms with E-state index in [1.165, 1.54) is 12.1 Å². The molecule has 0 aliphatic carbocycles. The van der Waals surface area contributed by atoms with Crippen LogP contribution < -0.4 is 4.72 Å². The number of imide groups is 1. The largest absolute Gasteiger partial charge is 0.439 e. The number of hydrogen-bond acceptors (Lipinski definition) is 5. The van der Waals surface area contributed by atoms with Gasteiger partial charge in [0.25, 0.3) is 5.91 Å². The molecule has 0 aromatic heterocycles. The summed E-state index contributed by atoms with van der Waals surface area (Å²) in [6, 6.07) is 6.37. The van der Waals surface area contributed by atoms with Gasteiger partial charge in [0.2, 0.25) is 10.0 Å². The average molecular weight is 298 g/mol. The number of carbonyl (C=O) groups is 2. The van der Waals surface area contributed by atoms with E-state index in [1.54, 1.807) is 12.1 Å². The summed E-state index contributed by atoms with van der Waals surface area (Å²) in [5.41, 5.74) is 0.953. The van der Waals surface area contributed by atoms with Crippen molar-refractivity contribution in [3.8, 4) is 0 Å². The number of rotatable bonds is 5.